The highest BCUT2D eigenvalue weighted by Crippen LogP contribution is 2.21. The van der Waals surface area contributed by atoms with E-state index in [4.69, 9.17) is 4.52 Å². The molecular formula is C18H21N5O2. The third kappa shape index (κ3) is 3.95. The Bertz CT molecular complexity index is 840. The maximum atomic E-state index is 12.8. The van der Waals surface area contributed by atoms with Gasteiger partial charge in [-0.1, -0.05) is 35.5 Å². The summed E-state index contributed by atoms with van der Waals surface area (Å²) in [5.41, 5.74) is 1.86. The number of rotatable bonds is 6. The lowest BCUT2D eigenvalue weighted by molar-refractivity contribution is -0.118. The first-order valence-electron chi connectivity index (χ1n) is 8.06. The number of carbonyl (C=O) groups is 1. The molecule has 0 fully saturated rings. The van der Waals surface area contributed by atoms with Crippen LogP contribution in [0.3, 0.4) is 0 Å². The molecule has 7 heteroatoms. The molecule has 0 radical (unpaired) electrons. The maximum absolute atomic E-state index is 12.8. The van der Waals surface area contributed by atoms with Crippen molar-refractivity contribution in [2.75, 3.05) is 5.32 Å². The van der Waals surface area contributed by atoms with Crippen molar-refractivity contribution in [2.24, 2.45) is 7.05 Å². The average molecular weight is 339 g/mol. The molecule has 7 nitrogen and oxygen atoms in total. The Labute approximate surface area is 146 Å². The van der Waals surface area contributed by atoms with E-state index >= 15 is 0 Å². The van der Waals surface area contributed by atoms with Crippen molar-refractivity contribution in [1.82, 2.24) is 20.0 Å². The molecule has 0 aliphatic heterocycles. The maximum Gasteiger partial charge on any atom is 0.247 e. The van der Waals surface area contributed by atoms with Crippen LogP contribution in [0, 0.1) is 6.92 Å². The van der Waals surface area contributed by atoms with Gasteiger partial charge in [0.25, 0.3) is 0 Å². The Kier molecular flexibility index (Phi) is 4.95. The largest absolute Gasteiger partial charge is 0.360 e. The van der Waals surface area contributed by atoms with Gasteiger partial charge in [-0.3, -0.25) is 10.1 Å². The Morgan fingerprint density at radius 1 is 1.28 bits per heavy atom. The second-order valence-corrected chi connectivity index (χ2v) is 5.97. The monoisotopic (exact) mass is 339 g/mol. The van der Waals surface area contributed by atoms with E-state index in [2.05, 4.69) is 20.8 Å². The number of hydrogen-bond donors (Lipinski definition) is 2. The minimum Gasteiger partial charge on any atom is -0.360 e. The highest BCUT2D eigenvalue weighted by molar-refractivity contribution is 5.94. The Morgan fingerprint density at radius 2 is 2.04 bits per heavy atom. The summed E-state index contributed by atoms with van der Waals surface area (Å²) in [6.07, 6.45) is 3.53. The smallest absolute Gasteiger partial charge is 0.247 e. The molecule has 1 aromatic carbocycles. The van der Waals surface area contributed by atoms with Gasteiger partial charge in [0.15, 0.2) is 5.82 Å². The molecule has 0 spiro atoms. The summed E-state index contributed by atoms with van der Waals surface area (Å²) in [7, 11) is 1.93. The number of aryl methyl sites for hydroxylation is 2. The SMILES string of the molecule is Cc1cc(NC(=O)C(NC(C)c2cncn2C)c2ccccc2)no1. The lowest BCUT2D eigenvalue weighted by Crippen LogP contribution is -2.35. The molecule has 1 amide bonds. The van der Waals surface area contributed by atoms with Gasteiger partial charge >= 0.3 is 0 Å². The molecule has 0 saturated heterocycles. The Balaban J connectivity index is 1.82. The van der Waals surface area contributed by atoms with Gasteiger partial charge < -0.3 is 14.4 Å². The zero-order valence-corrected chi connectivity index (χ0v) is 14.4. The van der Waals surface area contributed by atoms with Crippen LogP contribution >= 0.6 is 0 Å². The molecule has 2 unspecified atom stereocenters. The first kappa shape index (κ1) is 16.9. The van der Waals surface area contributed by atoms with Crippen LogP contribution in [0.2, 0.25) is 0 Å². The van der Waals surface area contributed by atoms with Crippen molar-refractivity contribution in [3.63, 3.8) is 0 Å². The molecule has 0 aliphatic rings. The fourth-order valence-corrected chi connectivity index (χ4v) is 2.71. The predicted molar refractivity (Wildman–Crippen MR) is 93.8 cm³/mol. The molecule has 2 aromatic heterocycles. The number of aromatic nitrogens is 3. The normalized spacial score (nSPS) is 13.4. The van der Waals surface area contributed by atoms with Crippen LogP contribution in [-0.4, -0.2) is 20.6 Å². The van der Waals surface area contributed by atoms with Crippen molar-refractivity contribution in [2.45, 2.75) is 25.9 Å². The molecular weight excluding hydrogens is 318 g/mol. The first-order chi connectivity index (χ1) is 12.0. The molecule has 2 N–H and O–H groups in total. The summed E-state index contributed by atoms with van der Waals surface area (Å²) in [5, 5.41) is 10.00. The van der Waals surface area contributed by atoms with Crippen LogP contribution in [0.15, 0.2) is 53.4 Å². The molecule has 3 rings (SSSR count). The first-order valence-corrected chi connectivity index (χ1v) is 8.06. The van der Waals surface area contributed by atoms with Crippen LogP contribution in [0.5, 0.6) is 0 Å². The van der Waals surface area contributed by atoms with Crippen molar-refractivity contribution in [1.29, 1.82) is 0 Å². The quantitative estimate of drug-likeness (QED) is 0.721. The number of nitrogens with zero attached hydrogens (tertiary/aromatic N) is 3. The summed E-state index contributed by atoms with van der Waals surface area (Å²) in [4.78, 5) is 17.0. The van der Waals surface area contributed by atoms with E-state index in [9.17, 15) is 4.79 Å². The molecule has 0 bridgehead atoms. The highest BCUT2D eigenvalue weighted by atomic mass is 16.5. The van der Waals surface area contributed by atoms with E-state index in [-0.39, 0.29) is 11.9 Å². The standard InChI is InChI=1S/C18H21N5O2/c1-12-9-16(22-25-12)21-18(24)17(14-7-5-4-6-8-14)20-13(2)15-10-19-11-23(15)3/h4-11,13,17,20H,1-3H3,(H,21,22,24). The predicted octanol–water partition coefficient (Wildman–Crippen LogP) is 2.75. The molecule has 2 heterocycles. The lowest BCUT2D eigenvalue weighted by Gasteiger charge is -2.23. The van der Waals surface area contributed by atoms with Crippen LogP contribution < -0.4 is 10.6 Å². The van der Waals surface area contributed by atoms with E-state index in [1.54, 1.807) is 25.5 Å². The lowest BCUT2D eigenvalue weighted by atomic mass is 10.0. The summed E-state index contributed by atoms with van der Waals surface area (Å²) in [5.74, 6) is 0.842. The van der Waals surface area contributed by atoms with Gasteiger partial charge in [0.2, 0.25) is 5.91 Å². The molecule has 3 aromatic rings. The number of hydrogen-bond acceptors (Lipinski definition) is 5. The average Bonchev–Trinajstić information content (AvgIpc) is 3.21. The minimum atomic E-state index is -0.539. The molecule has 2 atom stereocenters. The van der Waals surface area contributed by atoms with E-state index in [1.165, 1.54) is 0 Å². The van der Waals surface area contributed by atoms with Gasteiger partial charge in [0.05, 0.1) is 12.0 Å². The summed E-state index contributed by atoms with van der Waals surface area (Å²) in [6, 6.07) is 10.7. The third-order valence-electron chi connectivity index (χ3n) is 3.99. The van der Waals surface area contributed by atoms with Gasteiger partial charge in [0.1, 0.15) is 11.8 Å². The zero-order valence-electron chi connectivity index (χ0n) is 14.4. The van der Waals surface area contributed by atoms with Gasteiger partial charge in [-0.15, -0.1) is 0 Å². The van der Waals surface area contributed by atoms with Crippen LogP contribution in [0.4, 0.5) is 5.82 Å². The van der Waals surface area contributed by atoms with E-state index in [0.29, 0.717) is 11.6 Å². The number of carbonyl (C=O) groups excluding carboxylic acids is 1. The van der Waals surface area contributed by atoms with Crippen LogP contribution in [0.1, 0.15) is 36.0 Å². The number of amides is 1. The van der Waals surface area contributed by atoms with Crippen molar-refractivity contribution < 1.29 is 9.32 Å². The van der Waals surface area contributed by atoms with Crippen molar-refractivity contribution in [3.8, 4) is 0 Å². The van der Waals surface area contributed by atoms with Crippen molar-refractivity contribution >= 4 is 11.7 Å². The third-order valence-corrected chi connectivity index (χ3v) is 3.99. The van der Waals surface area contributed by atoms with Gasteiger partial charge in [-0.2, -0.15) is 0 Å². The zero-order chi connectivity index (χ0) is 17.8. The molecule has 0 aliphatic carbocycles. The van der Waals surface area contributed by atoms with E-state index in [0.717, 1.165) is 11.3 Å². The Morgan fingerprint density at radius 3 is 2.64 bits per heavy atom. The highest BCUT2D eigenvalue weighted by Gasteiger charge is 2.24. The summed E-state index contributed by atoms with van der Waals surface area (Å²) >= 11 is 0. The second-order valence-electron chi connectivity index (χ2n) is 5.97. The number of anilines is 1. The summed E-state index contributed by atoms with van der Waals surface area (Å²) in [6.45, 7) is 3.78. The second kappa shape index (κ2) is 7.31. The van der Waals surface area contributed by atoms with Crippen LogP contribution in [-0.2, 0) is 11.8 Å². The molecule has 25 heavy (non-hydrogen) atoms. The van der Waals surface area contributed by atoms with Gasteiger partial charge in [-0.05, 0) is 19.4 Å². The number of benzene rings is 1. The summed E-state index contributed by atoms with van der Waals surface area (Å²) < 4.78 is 6.94. The van der Waals surface area contributed by atoms with Gasteiger partial charge in [-0.25, -0.2) is 4.98 Å². The number of nitrogens with one attached hydrogen (secondary N) is 2. The fourth-order valence-electron chi connectivity index (χ4n) is 2.71. The van der Waals surface area contributed by atoms with E-state index in [1.807, 2.05) is 48.9 Å². The number of imidazole rings is 1. The van der Waals surface area contributed by atoms with E-state index < -0.39 is 6.04 Å². The Hall–Kier alpha value is -2.93. The topological polar surface area (TPSA) is 85.0 Å². The van der Waals surface area contributed by atoms with Crippen molar-refractivity contribution in [3.05, 3.63) is 65.9 Å². The molecule has 130 valence electrons. The van der Waals surface area contributed by atoms with Gasteiger partial charge in [0, 0.05) is 25.4 Å². The minimum absolute atomic E-state index is 0.0671. The fraction of sp³-hybridized carbons (Fsp3) is 0.278. The van der Waals surface area contributed by atoms with Crippen LogP contribution in [0.25, 0.3) is 0 Å². The molecule has 0 saturated carbocycles.